The molecule has 0 atom stereocenters. The van der Waals surface area contributed by atoms with Gasteiger partial charge in [-0.15, -0.1) is 15.3 Å². The van der Waals surface area contributed by atoms with Crippen LogP contribution >= 0.6 is 0 Å². The summed E-state index contributed by atoms with van der Waals surface area (Å²) in [5.74, 6) is 2.35. The van der Waals surface area contributed by atoms with Gasteiger partial charge in [-0.25, -0.2) is 0 Å². The average molecular weight is 274 g/mol. The molecule has 7 heteroatoms. The van der Waals surface area contributed by atoms with E-state index < -0.39 is 0 Å². The molecule has 1 aliphatic rings. The van der Waals surface area contributed by atoms with Crippen molar-refractivity contribution in [3.63, 3.8) is 0 Å². The Morgan fingerprint density at radius 2 is 2.10 bits per heavy atom. The molecular weight excluding hydrogens is 256 g/mol. The van der Waals surface area contributed by atoms with Crippen molar-refractivity contribution in [3.8, 4) is 0 Å². The van der Waals surface area contributed by atoms with Crippen LogP contribution in [-0.4, -0.2) is 51.8 Å². The number of aromatic nitrogens is 5. The van der Waals surface area contributed by atoms with Gasteiger partial charge in [0.25, 0.3) is 0 Å². The Morgan fingerprint density at radius 3 is 2.80 bits per heavy atom. The third kappa shape index (κ3) is 2.49. The smallest absolute Gasteiger partial charge is 0.151 e. The summed E-state index contributed by atoms with van der Waals surface area (Å²) in [5, 5.41) is 16.5. The van der Waals surface area contributed by atoms with Gasteiger partial charge in [-0.3, -0.25) is 0 Å². The van der Waals surface area contributed by atoms with Crippen LogP contribution in [0.5, 0.6) is 0 Å². The third-order valence-corrected chi connectivity index (χ3v) is 3.54. The zero-order valence-electron chi connectivity index (χ0n) is 11.7. The molecule has 106 valence electrons. The Bertz CT molecular complexity index is 560. The number of methoxy groups -OCH3 is 1. The van der Waals surface area contributed by atoms with Crippen molar-refractivity contribution in [3.05, 3.63) is 30.0 Å². The fraction of sp³-hybridized carbons (Fsp3) is 0.538. The van der Waals surface area contributed by atoms with E-state index >= 15 is 0 Å². The molecule has 20 heavy (non-hydrogen) atoms. The van der Waals surface area contributed by atoms with Crippen LogP contribution in [-0.2, 0) is 11.3 Å². The van der Waals surface area contributed by atoms with Crippen molar-refractivity contribution in [2.24, 2.45) is 0 Å². The Labute approximate surface area is 117 Å². The Kier molecular flexibility index (Phi) is 3.60. The van der Waals surface area contributed by atoms with Crippen LogP contribution < -0.4 is 4.90 Å². The fourth-order valence-corrected chi connectivity index (χ4v) is 2.33. The van der Waals surface area contributed by atoms with Crippen molar-refractivity contribution < 1.29 is 4.74 Å². The van der Waals surface area contributed by atoms with Gasteiger partial charge in [0.05, 0.1) is 18.2 Å². The van der Waals surface area contributed by atoms with E-state index in [2.05, 4.69) is 29.9 Å². The minimum atomic E-state index is 0.400. The summed E-state index contributed by atoms with van der Waals surface area (Å²) in [6, 6.07) is 3.99. The highest BCUT2D eigenvalue weighted by Crippen LogP contribution is 2.28. The third-order valence-electron chi connectivity index (χ3n) is 3.54. The molecule has 2 aromatic rings. The van der Waals surface area contributed by atoms with E-state index in [9.17, 15) is 0 Å². The molecular formula is C13H18N6O. The molecule has 3 rings (SSSR count). The zero-order valence-corrected chi connectivity index (χ0v) is 11.7. The van der Waals surface area contributed by atoms with E-state index in [4.69, 9.17) is 4.74 Å². The lowest BCUT2D eigenvalue weighted by Gasteiger charge is -2.39. The number of hydrogen-bond donors (Lipinski definition) is 0. The molecule has 2 aromatic heterocycles. The summed E-state index contributed by atoms with van der Waals surface area (Å²) in [7, 11) is 1.70. The van der Waals surface area contributed by atoms with Gasteiger partial charge in [0.1, 0.15) is 12.2 Å². The lowest BCUT2D eigenvalue weighted by atomic mass is 9.99. The minimum absolute atomic E-state index is 0.400. The number of aryl methyl sites for hydroxylation is 1. The summed E-state index contributed by atoms with van der Waals surface area (Å²) < 4.78 is 7.16. The number of rotatable bonds is 5. The first-order valence-electron chi connectivity index (χ1n) is 6.70. The van der Waals surface area contributed by atoms with Gasteiger partial charge in [-0.05, 0) is 19.1 Å². The van der Waals surface area contributed by atoms with E-state index in [1.165, 1.54) is 0 Å². The zero-order chi connectivity index (χ0) is 13.9. The van der Waals surface area contributed by atoms with Gasteiger partial charge in [0, 0.05) is 26.7 Å². The molecule has 1 fully saturated rings. The number of ether oxygens (including phenoxy) is 1. The molecule has 7 nitrogen and oxygen atoms in total. The second kappa shape index (κ2) is 5.54. The Hall–Kier alpha value is -2.02. The largest absolute Gasteiger partial charge is 0.383 e. The summed E-state index contributed by atoms with van der Waals surface area (Å²) in [6.45, 7) is 5.21. The lowest BCUT2D eigenvalue weighted by Crippen LogP contribution is -2.46. The van der Waals surface area contributed by atoms with E-state index in [-0.39, 0.29) is 0 Å². The Morgan fingerprint density at radius 1 is 1.25 bits per heavy atom. The summed E-state index contributed by atoms with van der Waals surface area (Å²) in [4.78, 5) is 2.20. The molecule has 0 saturated carbocycles. The minimum Gasteiger partial charge on any atom is -0.383 e. The van der Waals surface area contributed by atoms with Gasteiger partial charge in [0.2, 0.25) is 0 Å². The number of hydrogen-bond acceptors (Lipinski definition) is 6. The van der Waals surface area contributed by atoms with E-state index in [1.54, 1.807) is 13.4 Å². The molecule has 0 aliphatic carbocycles. The standard InChI is InChI=1S/C13H18N6O/c1-10-3-4-12(16-15-10)19-7-11(8-19)13-17-14-9-18(13)5-6-20-2/h3-4,9,11H,5-8H2,1-2H3. The van der Waals surface area contributed by atoms with E-state index in [0.29, 0.717) is 12.5 Å². The first kappa shape index (κ1) is 13.0. The summed E-state index contributed by atoms with van der Waals surface area (Å²) in [6.07, 6.45) is 1.77. The highest BCUT2D eigenvalue weighted by molar-refractivity contribution is 5.42. The summed E-state index contributed by atoms with van der Waals surface area (Å²) >= 11 is 0. The van der Waals surface area contributed by atoms with Crippen LogP contribution in [0.3, 0.4) is 0 Å². The molecule has 0 unspecified atom stereocenters. The highest BCUT2D eigenvalue weighted by atomic mass is 16.5. The SMILES string of the molecule is COCCn1cnnc1C1CN(c2ccc(C)nn2)C1. The van der Waals surface area contributed by atoms with Crippen LogP contribution in [0.25, 0.3) is 0 Å². The normalized spacial score (nSPS) is 15.4. The van der Waals surface area contributed by atoms with Crippen molar-refractivity contribution >= 4 is 5.82 Å². The highest BCUT2D eigenvalue weighted by Gasteiger charge is 2.32. The molecule has 0 N–H and O–H groups in total. The first-order chi connectivity index (χ1) is 9.78. The molecule has 1 saturated heterocycles. The monoisotopic (exact) mass is 274 g/mol. The van der Waals surface area contributed by atoms with Crippen LogP contribution in [0.1, 0.15) is 17.4 Å². The first-order valence-corrected chi connectivity index (χ1v) is 6.70. The lowest BCUT2D eigenvalue weighted by molar-refractivity contribution is 0.185. The summed E-state index contributed by atoms with van der Waals surface area (Å²) in [5.41, 5.74) is 0.935. The molecule has 0 amide bonds. The predicted molar refractivity (Wildman–Crippen MR) is 73.6 cm³/mol. The van der Waals surface area contributed by atoms with Crippen molar-refractivity contribution in [1.82, 2.24) is 25.0 Å². The van der Waals surface area contributed by atoms with Crippen molar-refractivity contribution in [2.45, 2.75) is 19.4 Å². The van der Waals surface area contributed by atoms with Crippen LogP contribution in [0.15, 0.2) is 18.5 Å². The van der Waals surface area contributed by atoms with Gasteiger partial charge >= 0.3 is 0 Å². The second-order valence-corrected chi connectivity index (χ2v) is 5.01. The quantitative estimate of drug-likeness (QED) is 0.796. The maximum Gasteiger partial charge on any atom is 0.151 e. The van der Waals surface area contributed by atoms with Gasteiger partial charge in [0.15, 0.2) is 5.82 Å². The van der Waals surface area contributed by atoms with Crippen molar-refractivity contribution in [1.29, 1.82) is 0 Å². The van der Waals surface area contributed by atoms with Crippen LogP contribution in [0.4, 0.5) is 5.82 Å². The second-order valence-electron chi connectivity index (χ2n) is 5.01. The van der Waals surface area contributed by atoms with Crippen LogP contribution in [0, 0.1) is 6.92 Å². The maximum absolute atomic E-state index is 5.10. The molecule has 0 spiro atoms. The molecule has 0 bridgehead atoms. The van der Waals surface area contributed by atoms with E-state index in [0.717, 1.165) is 37.0 Å². The van der Waals surface area contributed by atoms with Gasteiger partial charge in [-0.2, -0.15) is 5.10 Å². The Balaban J connectivity index is 1.62. The molecule has 3 heterocycles. The molecule has 1 aliphatic heterocycles. The number of nitrogens with zero attached hydrogens (tertiary/aromatic N) is 6. The van der Waals surface area contributed by atoms with Crippen LogP contribution in [0.2, 0.25) is 0 Å². The molecule has 0 radical (unpaired) electrons. The number of anilines is 1. The van der Waals surface area contributed by atoms with Gasteiger partial charge < -0.3 is 14.2 Å². The molecule has 0 aromatic carbocycles. The predicted octanol–water partition coefficient (Wildman–Crippen LogP) is 0.627. The topological polar surface area (TPSA) is 69.0 Å². The van der Waals surface area contributed by atoms with Crippen molar-refractivity contribution in [2.75, 3.05) is 31.7 Å². The van der Waals surface area contributed by atoms with E-state index in [1.807, 2.05) is 19.1 Å². The average Bonchev–Trinajstić information content (AvgIpc) is 2.85. The fourth-order valence-electron chi connectivity index (χ4n) is 2.33. The van der Waals surface area contributed by atoms with Gasteiger partial charge in [-0.1, -0.05) is 0 Å². The maximum atomic E-state index is 5.10.